The number of hydrogen-bond acceptors (Lipinski definition) is 2. The average Bonchev–Trinajstić information content (AvgIpc) is 2.63. The van der Waals surface area contributed by atoms with Crippen LogP contribution in [0.4, 0.5) is 0 Å². The molecule has 15 heavy (non-hydrogen) atoms. The monoisotopic (exact) mass is 224 g/mol. The number of fused-ring (bicyclic) bond motifs is 1. The van der Waals surface area contributed by atoms with Crippen molar-refractivity contribution in [2.24, 2.45) is 0 Å². The van der Waals surface area contributed by atoms with Crippen LogP contribution in [0.5, 0.6) is 0 Å². The van der Waals surface area contributed by atoms with Gasteiger partial charge in [0.1, 0.15) is 5.52 Å². The molecule has 1 heterocycles. The quantitative estimate of drug-likeness (QED) is 0.824. The van der Waals surface area contributed by atoms with Crippen LogP contribution < -0.4 is 0 Å². The second-order valence-electron chi connectivity index (χ2n) is 3.18. The number of aromatic carboxylic acids is 1. The predicted molar refractivity (Wildman–Crippen MR) is 57.4 cm³/mol. The fourth-order valence-corrected chi connectivity index (χ4v) is 1.80. The number of imidazole rings is 1. The SMILES string of the molecule is CCc1ccc2[nH]c(C(=O)O)nc2c1Cl. The maximum atomic E-state index is 10.7. The highest BCUT2D eigenvalue weighted by atomic mass is 35.5. The van der Waals surface area contributed by atoms with E-state index in [-0.39, 0.29) is 5.82 Å². The van der Waals surface area contributed by atoms with E-state index in [0.717, 1.165) is 12.0 Å². The molecule has 2 rings (SSSR count). The third-order valence-electron chi connectivity index (χ3n) is 2.26. The zero-order valence-corrected chi connectivity index (χ0v) is 8.80. The molecule has 0 spiro atoms. The Bertz CT molecular complexity index is 533. The van der Waals surface area contributed by atoms with E-state index in [1.54, 1.807) is 6.07 Å². The molecule has 0 radical (unpaired) electrons. The number of H-pyrrole nitrogens is 1. The predicted octanol–water partition coefficient (Wildman–Crippen LogP) is 2.48. The summed E-state index contributed by atoms with van der Waals surface area (Å²) in [7, 11) is 0. The second-order valence-corrected chi connectivity index (χ2v) is 3.56. The number of aromatic nitrogens is 2. The van der Waals surface area contributed by atoms with E-state index in [1.807, 2.05) is 13.0 Å². The minimum absolute atomic E-state index is 0.0832. The van der Waals surface area contributed by atoms with Crippen LogP contribution in [0, 0.1) is 0 Å². The molecule has 0 aliphatic carbocycles. The van der Waals surface area contributed by atoms with E-state index in [4.69, 9.17) is 16.7 Å². The molecule has 5 heteroatoms. The number of nitrogens with zero attached hydrogens (tertiary/aromatic N) is 1. The standard InChI is InChI=1S/C10H9ClN2O2/c1-2-5-3-4-6-8(7(5)11)13-9(12-6)10(14)15/h3-4H,2H2,1H3,(H,12,13)(H,14,15). The van der Waals surface area contributed by atoms with E-state index >= 15 is 0 Å². The van der Waals surface area contributed by atoms with E-state index in [9.17, 15) is 4.79 Å². The summed E-state index contributed by atoms with van der Waals surface area (Å²) >= 11 is 6.08. The minimum atomic E-state index is -1.08. The first kappa shape index (κ1) is 9.98. The number of rotatable bonds is 2. The van der Waals surface area contributed by atoms with Crippen LogP contribution in [0.3, 0.4) is 0 Å². The van der Waals surface area contributed by atoms with Gasteiger partial charge in [-0.3, -0.25) is 0 Å². The van der Waals surface area contributed by atoms with Gasteiger partial charge in [-0.1, -0.05) is 24.6 Å². The molecule has 4 nitrogen and oxygen atoms in total. The Morgan fingerprint density at radius 2 is 2.33 bits per heavy atom. The first-order valence-corrected chi connectivity index (χ1v) is 4.91. The van der Waals surface area contributed by atoms with E-state index < -0.39 is 5.97 Å². The van der Waals surface area contributed by atoms with Crippen molar-refractivity contribution in [1.82, 2.24) is 9.97 Å². The lowest BCUT2D eigenvalue weighted by molar-refractivity contribution is 0.0685. The number of halogens is 1. The second kappa shape index (κ2) is 3.55. The first-order chi connectivity index (χ1) is 7.13. The van der Waals surface area contributed by atoms with Crippen molar-refractivity contribution in [2.45, 2.75) is 13.3 Å². The summed E-state index contributed by atoms with van der Waals surface area (Å²) in [4.78, 5) is 17.3. The molecule has 1 aromatic carbocycles. The zero-order chi connectivity index (χ0) is 11.0. The third kappa shape index (κ3) is 1.57. The molecule has 0 bridgehead atoms. The number of benzene rings is 1. The fourth-order valence-electron chi connectivity index (χ4n) is 1.46. The summed E-state index contributed by atoms with van der Waals surface area (Å²) in [5.74, 6) is -1.17. The Kier molecular flexibility index (Phi) is 2.36. The van der Waals surface area contributed by atoms with Gasteiger partial charge in [-0.05, 0) is 18.1 Å². The highest BCUT2D eigenvalue weighted by Gasteiger charge is 2.13. The number of nitrogens with one attached hydrogen (secondary N) is 1. The van der Waals surface area contributed by atoms with Gasteiger partial charge in [0.25, 0.3) is 0 Å². The molecule has 0 saturated heterocycles. The number of aromatic amines is 1. The van der Waals surface area contributed by atoms with Crippen LogP contribution in [0.2, 0.25) is 5.02 Å². The Labute approximate surface area is 90.9 Å². The number of carboxylic acids is 1. The summed E-state index contributed by atoms with van der Waals surface area (Å²) in [6.45, 7) is 1.98. The van der Waals surface area contributed by atoms with Gasteiger partial charge in [0.05, 0.1) is 10.5 Å². The van der Waals surface area contributed by atoms with Gasteiger partial charge in [0.2, 0.25) is 5.82 Å². The maximum Gasteiger partial charge on any atom is 0.371 e. The molecule has 0 unspecified atom stereocenters. The highest BCUT2D eigenvalue weighted by Crippen LogP contribution is 2.25. The molecule has 0 saturated carbocycles. The fraction of sp³-hybridized carbons (Fsp3) is 0.200. The summed E-state index contributed by atoms with van der Waals surface area (Å²) in [6, 6.07) is 3.66. The summed E-state index contributed by atoms with van der Waals surface area (Å²) in [6.07, 6.45) is 0.796. The van der Waals surface area contributed by atoms with E-state index in [1.165, 1.54) is 0 Å². The molecule has 0 atom stereocenters. The lowest BCUT2D eigenvalue weighted by atomic mass is 10.1. The van der Waals surface area contributed by atoms with Gasteiger partial charge >= 0.3 is 5.97 Å². The molecule has 0 fully saturated rings. The number of carboxylic acid groups (broad SMARTS) is 1. The van der Waals surface area contributed by atoms with Crippen molar-refractivity contribution in [3.05, 3.63) is 28.5 Å². The molecular formula is C10H9ClN2O2. The Morgan fingerprint density at radius 1 is 1.60 bits per heavy atom. The van der Waals surface area contributed by atoms with Gasteiger partial charge in [-0.25, -0.2) is 9.78 Å². The zero-order valence-electron chi connectivity index (χ0n) is 8.04. The average molecular weight is 225 g/mol. The normalized spacial score (nSPS) is 10.8. The van der Waals surface area contributed by atoms with Crippen molar-refractivity contribution in [3.63, 3.8) is 0 Å². The van der Waals surface area contributed by atoms with Crippen LogP contribution in [-0.2, 0) is 6.42 Å². The minimum Gasteiger partial charge on any atom is -0.475 e. The van der Waals surface area contributed by atoms with Crippen molar-refractivity contribution in [3.8, 4) is 0 Å². The van der Waals surface area contributed by atoms with Crippen LogP contribution in [0.1, 0.15) is 23.1 Å². The van der Waals surface area contributed by atoms with E-state index in [2.05, 4.69) is 9.97 Å². The molecule has 2 aromatic rings. The molecule has 0 aliphatic heterocycles. The van der Waals surface area contributed by atoms with Crippen LogP contribution in [0.15, 0.2) is 12.1 Å². The molecule has 1 aromatic heterocycles. The van der Waals surface area contributed by atoms with Gasteiger partial charge in [0, 0.05) is 0 Å². The number of carbonyl (C=O) groups is 1. The molecule has 2 N–H and O–H groups in total. The summed E-state index contributed by atoms with van der Waals surface area (Å²) < 4.78 is 0. The Hall–Kier alpha value is -1.55. The van der Waals surface area contributed by atoms with Crippen molar-refractivity contribution in [1.29, 1.82) is 0 Å². The lowest BCUT2D eigenvalue weighted by Crippen LogP contribution is -1.97. The van der Waals surface area contributed by atoms with Gasteiger partial charge in [-0.15, -0.1) is 0 Å². The van der Waals surface area contributed by atoms with Crippen LogP contribution in [0.25, 0.3) is 11.0 Å². The maximum absolute atomic E-state index is 10.7. The Balaban J connectivity index is 2.71. The molecule has 0 amide bonds. The third-order valence-corrected chi connectivity index (χ3v) is 2.68. The van der Waals surface area contributed by atoms with Crippen molar-refractivity contribution < 1.29 is 9.90 Å². The molecular weight excluding hydrogens is 216 g/mol. The molecule has 0 aliphatic rings. The van der Waals surface area contributed by atoms with Crippen molar-refractivity contribution in [2.75, 3.05) is 0 Å². The first-order valence-electron chi connectivity index (χ1n) is 4.54. The number of hydrogen-bond donors (Lipinski definition) is 2. The van der Waals surface area contributed by atoms with Gasteiger partial charge in [0.15, 0.2) is 0 Å². The number of aryl methyl sites for hydroxylation is 1. The highest BCUT2D eigenvalue weighted by molar-refractivity contribution is 6.35. The smallest absolute Gasteiger partial charge is 0.371 e. The summed E-state index contributed by atoms with van der Waals surface area (Å²) in [5, 5.41) is 9.29. The topological polar surface area (TPSA) is 66.0 Å². The molecule has 78 valence electrons. The van der Waals surface area contributed by atoms with Crippen LogP contribution >= 0.6 is 11.6 Å². The van der Waals surface area contributed by atoms with Gasteiger partial charge < -0.3 is 10.1 Å². The van der Waals surface area contributed by atoms with Crippen molar-refractivity contribution >= 4 is 28.6 Å². The lowest BCUT2D eigenvalue weighted by Gasteiger charge is -1.99. The van der Waals surface area contributed by atoms with E-state index in [0.29, 0.717) is 16.1 Å². The van der Waals surface area contributed by atoms with Crippen LogP contribution in [-0.4, -0.2) is 21.0 Å². The Morgan fingerprint density at radius 3 is 2.93 bits per heavy atom. The van der Waals surface area contributed by atoms with Gasteiger partial charge in [-0.2, -0.15) is 0 Å². The largest absolute Gasteiger partial charge is 0.475 e. The summed E-state index contributed by atoms with van der Waals surface area (Å²) in [5.41, 5.74) is 2.13.